The second-order valence-electron chi connectivity index (χ2n) is 4.36. The molecular formula is C12H18N2O2S. The van der Waals surface area contributed by atoms with Crippen LogP contribution in [0.4, 0.5) is 0 Å². The van der Waals surface area contributed by atoms with Crippen LogP contribution in [0, 0.1) is 6.92 Å². The zero-order valence-corrected chi connectivity index (χ0v) is 10.8. The minimum absolute atomic E-state index is 0.367. The Morgan fingerprint density at radius 3 is 2.53 bits per heavy atom. The molecule has 0 atom stereocenters. The van der Waals surface area contributed by atoms with Crippen LogP contribution in [-0.4, -0.2) is 25.8 Å². The summed E-state index contributed by atoms with van der Waals surface area (Å²) in [6, 6.07) is 7.81. The highest BCUT2D eigenvalue weighted by molar-refractivity contribution is 7.87. The van der Waals surface area contributed by atoms with Crippen LogP contribution < -0.4 is 4.72 Å². The summed E-state index contributed by atoms with van der Waals surface area (Å²) < 4.78 is 28.0. The van der Waals surface area contributed by atoms with Gasteiger partial charge in [0, 0.05) is 19.6 Å². The lowest BCUT2D eigenvalue weighted by Crippen LogP contribution is -2.38. The Kier molecular flexibility index (Phi) is 3.81. The summed E-state index contributed by atoms with van der Waals surface area (Å²) >= 11 is 0. The molecule has 0 aliphatic carbocycles. The standard InChI is InChI=1S/C12H18N2O2S/c1-11-6-2-3-7-12(11)10-13-17(15,16)14-8-4-5-9-14/h2-3,6-7,13H,4-5,8-10H2,1H3. The first kappa shape index (κ1) is 12.5. The molecule has 1 fully saturated rings. The van der Waals surface area contributed by atoms with Gasteiger partial charge in [-0.05, 0) is 30.9 Å². The van der Waals surface area contributed by atoms with Crippen LogP contribution in [0.25, 0.3) is 0 Å². The third-order valence-electron chi connectivity index (χ3n) is 3.11. The van der Waals surface area contributed by atoms with Gasteiger partial charge in [-0.2, -0.15) is 17.4 Å². The quantitative estimate of drug-likeness (QED) is 0.883. The molecule has 1 N–H and O–H groups in total. The second-order valence-corrected chi connectivity index (χ2v) is 6.11. The number of rotatable bonds is 4. The number of hydrogen-bond donors (Lipinski definition) is 1. The molecule has 4 nitrogen and oxygen atoms in total. The molecule has 0 bridgehead atoms. The number of nitrogens with zero attached hydrogens (tertiary/aromatic N) is 1. The van der Waals surface area contributed by atoms with Gasteiger partial charge >= 0.3 is 0 Å². The molecule has 1 aliphatic rings. The molecule has 0 unspecified atom stereocenters. The maximum Gasteiger partial charge on any atom is 0.279 e. The highest BCUT2D eigenvalue weighted by Gasteiger charge is 2.24. The van der Waals surface area contributed by atoms with E-state index in [9.17, 15) is 8.42 Å². The summed E-state index contributed by atoms with van der Waals surface area (Å²) in [5, 5.41) is 0. The Morgan fingerprint density at radius 2 is 1.88 bits per heavy atom. The number of nitrogens with one attached hydrogen (secondary N) is 1. The highest BCUT2D eigenvalue weighted by Crippen LogP contribution is 2.12. The smallest absolute Gasteiger partial charge is 0.198 e. The van der Waals surface area contributed by atoms with Gasteiger partial charge in [-0.15, -0.1) is 0 Å². The van der Waals surface area contributed by atoms with Crippen LogP contribution in [0.1, 0.15) is 24.0 Å². The Labute approximate surface area is 103 Å². The second kappa shape index (κ2) is 5.16. The molecule has 0 radical (unpaired) electrons. The summed E-state index contributed by atoms with van der Waals surface area (Å²) in [7, 11) is -3.29. The van der Waals surface area contributed by atoms with E-state index in [4.69, 9.17) is 0 Å². The van der Waals surface area contributed by atoms with Crippen LogP contribution in [0.15, 0.2) is 24.3 Å². The van der Waals surface area contributed by atoms with E-state index in [2.05, 4.69) is 4.72 Å². The van der Waals surface area contributed by atoms with Gasteiger partial charge in [0.1, 0.15) is 0 Å². The molecule has 1 aromatic carbocycles. The Morgan fingerprint density at radius 1 is 1.24 bits per heavy atom. The first-order valence-electron chi connectivity index (χ1n) is 5.89. The fraction of sp³-hybridized carbons (Fsp3) is 0.500. The average Bonchev–Trinajstić information content (AvgIpc) is 2.82. The van der Waals surface area contributed by atoms with E-state index in [1.807, 2.05) is 31.2 Å². The third kappa shape index (κ3) is 3.06. The molecule has 1 aromatic rings. The van der Waals surface area contributed by atoms with Gasteiger partial charge in [0.25, 0.3) is 10.2 Å². The molecule has 0 saturated carbocycles. The van der Waals surface area contributed by atoms with Gasteiger partial charge < -0.3 is 0 Å². The first-order chi connectivity index (χ1) is 8.09. The zero-order chi connectivity index (χ0) is 12.3. The molecular weight excluding hydrogens is 236 g/mol. The first-order valence-corrected chi connectivity index (χ1v) is 7.33. The van der Waals surface area contributed by atoms with Gasteiger partial charge in [0.05, 0.1) is 0 Å². The van der Waals surface area contributed by atoms with Gasteiger partial charge in [0.15, 0.2) is 0 Å². The van der Waals surface area contributed by atoms with E-state index < -0.39 is 10.2 Å². The summed E-state index contributed by atoms with van der Waals surface area (Å²) in [4.78, 5) is 0. The minimum atomic E-state index is -3.29. The summed E-state index contributed by atoms with van der Waals surface area (Å²) in [6.07, 6.45) is 1.93. The van der Waals surface area contributed by atoms with Crippen LogP contribution >= 0.6 is 0 Å². The van der Waals surface area contributed by atoms with Crippen molar-refractivity contribution >= 4 is 10.2 Å². The predicted octanol–water partition coefficient (Wildman–Crippen LogP) is 1.43. The van der Waals surface area contributed by atoms with Crippen molar-refractivity contribution < 1.29 is 8.42 Å². The van der Waals surface area contributed by atoms with Crippen molar-refractivity contribution in [3.05, 3.63) is 35.4 Å². The molecule has 17 heavy (non-hydrogen) atoms. The van der Waals surface area contributed by atoms with Crippen LogP contribution in [0.2, 0.25) is 0 Å². The topological polar surface area (TPSA) is 49.4 Å². The number of hydrogen-bond acceptors (Lipinski definition) is 2. The van der Waals surface area contributed by atoms with Crippen LogP contribution in [0.3, 0.4) is 0 Å². The molecule has 94 valence electrons. The van der Waals surface area contributed by atoms with Crippen molar-refractivity contribution in [1.82, 2.24) is 9.03 Å². The SMILES string of the molecule is Cc1ccccc1CNS(=O)(=O)N1CCCC1. The molecule has 0 aromatic heterocycles. The largest absolute Gasteiger partial charge is 0.279 e. The lowest BCUT2D eigenvalue weighted by molar-refractivity contribution is 0.464. The van der Waals surface area contributed by atoms with Gasteiger partial charge in [0.2, 0.25) is 0 Å². The fourth-order valence-electron chi connectivity index (χ4n) is 2.00. The van der Waals surface area contributed by atoms with Crippen molar-refractivity contribution in [3.8, 4) is 0 Å². The maximum atomic E-state index is 11.9. The van der Waals surface area contributed by atoms with E-state index >= 15 is 0 Å². The number of aryl methyl sites for hydroxylation is 1. The molecule has 1 heterocycles. The van der Waals surface area contributed by atoms with E-state index in [1.165, 1.54) is 4.31 Å². The monoisotopic (exact) mass is 254 g/mol. The van der Waals surface area contributed by atoms with Crippen molar-refractivity contribution in [1.29, 1.82) is 0 Å². The molecule has 1 saturated heterocycles. The van der Waals surface area contributed by atoms with E-state index in [0.717, 1.165) is 24.0 Å². The Bertz CT molecular complexity index is 479. The van der Waals surface area contributed by atoms with E-state index in [-0.39, 0.29) is 0 Å². The lowest BCUT2D eigenvalue weighted by atomic mass is 10.1. The van der Waals surface area contributed by atoms with Crippen molar-refractivity contribution in [2.24, 2.45) is 0 Å². The molecule has 2 rings (SSSR count). The predicted molar refractivity (Wildman–Crippen MR) is 67.7 cm³/mol. The molecule has 5 heteroatoms. The fourth-order valence-corrected chi connectivity index (χ4v) is 3.26. The molecule has 0 spiro atoms. The third-order valence-corrected chi connectivity index (χ3v) is 4.67. The number of benzene rings is 1. The molecule has 1 aliphatic heterocycles. The minimum Gasteiger partial charge on any atom is -0.198 e. The zero-order valence-electron chi connectivity index (χ0n) is 10.0. The maximum absolute atomic E-state index is 11.9. The average molecular weight is 254 g/mol. The van der Waals surface area contributed by atoms with Gasteiger partial charge in [-0.1, -0.05) is 24.3 Å². The van der Waals surface area contributed by atoms with E-state index in [1.54, 1.807) is 0 Å². The molecule has 0 amide bonds. The highest BCUT2D eigenvalue weighted by atomic mass is 32.2. The van der Waals surface area contributed by atoms with Crippen LogP contribution in [0.5, 0.6) is 0 Å². The van der Waals surface area contributed by atoms with Crippen molar-refractivity contribution in [2.45, 2.75) is 26.3 Å². The van der Waals surface area contributed by atoms with Gasteiger partial charge in [-0.25, -0.2) is 0 Å². The normalized spacial score (nSPS) is 17.5. The summed E-state index contributed by atoms with van der Waals surface area (Å²) in [6.45, 7) is 3.64. The van der Waals surface area contributed by atoms with Crippen LogP contribution in [-0.2, 0) is 16.8 Å². The Balaban J connectivity index is 2.00. The van der Waals surface area contributed by atoms with E-state index in [0.29, 0.717) is 19.6 Å². The Hall–Kier alpha value is -0.910. The summed E-state index contributed by atoms with van der Waals surface area (Å²) in [5.41, 5.74) is 2.13. The van der Waals surface area contributed by atoms with Crippen molar-refractivity contribution in [2.75, 3.05) is 13.1 Å². The lowest BCUT2D eigenvalue weighted by Gasteiger charge is -2.16. The van der Waals surface area contributed by atoms with Gasteiger partial charge in [-0.3, -0.25) is 0 Å². The van der Waals surface area contributed by atoms with Crippen molar-refractivity contribution in [3.63, 3.8) is 0 Å². The summed E-state index contributed by atoms with van der Waals surface area (Å²) in [5.74, 6) is 0.